The second-order valence-corrected chi connectivity index (χ2v) is 4.99. The molecule has 1 atom stereocenters. The summed E-state index contributed by atoms with van der Waals surface area (Å²) >= 11 is 0. The minimum absolute atomic E-state index is 0.0471. The lowest BCUT2D eigenvalue weighted by Crippen LogP contribution is -2.48. The molecule has 0 saturated carbocycles. The second-order valence-electron chi connectivity index (χ2n) is 4.99. The maximum Gasteiger partial charge on any atom is 0.254 e. The lowest BCUT2D eigenvalue weighted by atomic mass is 10.0. The van der Waals surface area contributed by atoms with Gasteiger partial charge in [-0.25, -0.2) is 0 Å². The van der Waals surface area contributed by atoms with Crippen LogP contribution in [0.4, 0.5) is 0 Å². The number of likely N-dealkylation sites (tertiary alicyclic amines) is 1. The zero-order valence-electron chi connectivity index (χ0n) is 11.3. The normalized spacial score (nSPS) is 19.4. The van der Waals surface area contributed by atoms with Gasteiger partial charge in [-0.1, -0.05) is 6.92 Å². The van der Waals surface area contributed by atoms with Crippen LogP contribution in [0.2, 0.25) is 0 Å². The van der Waals surface area contributed by atoms with Gasteiger partial charge in [0.25, 0.3) is 5.91 Å². The van der Waals surface area contributed by atoms with Crippen molar-refractivity contribution in [3.63, 3.8) is 0 Å². The number of aromatic amines is 1. The van der Waals surface area contributed by atoms with Crippen LogP contribution in [0.3, 0.4) is 0 Å². The molecule has 2 rings (SSSR count). The van der Waals surface area contributed by atoms with Gasteiger partial charge in [0.05, 0.1) is 0 Å². The van der Waals surface area contributed by atoms with Crippen molar-refractivity contribution in [2.45, 2.75) is 32.2 Å². The van der Waals surface area contributed by atoms with Crippen LogP contribution in [0.15, 0.2) is 23.1 Å². The average molecular weight is 263 g/mol. The maximum atomic E-state index is 12.3. The number of nitrogens with zero attached hydrogens (tertiary/aromatic N) is 1. The van der Waals surface area contributed by atoms with Crippen LogP contribution < -0.4 is 10.9 Å². The molecule has 1 fully saturated rings. The monoisotopic (exact) mass is 263 g/mol. The smallest absolute Gasteiger partial charge is 0.254 e. The first-order chi connectivity index (χ1) is 9.20. The fourth-order valence-electron chi connectivity index (χ4n) is 2.44. The molecule has 5 heteroatoms. The zero-order valence-corrected chi connectivity index (χ0v) is 11.3. The van der Waals surface area contributed by atoms with Crippen molar-refractivity contribution >= 4 is 5.91 Å². The number of carbonyl (C=O) groups excluding carboxylic acids is 1. The number of H-pyrrole nitrogens is 1. The van der Waals surface area contributed by atoms with Crippen LogP contribution in [0.1, 0.15) is 36.5 Å². The van der Waals surface area contributed by atoms with Gasteiger partial charge in [0, 0.05) is 37.0 Å². The lowest BCUT2D eigenvalue weighted by molar-refractivity contribution is 0.0695. The number of nitrogens with one attached hydrogen (secondary N) is 2. The first kappa shape index (κ1) is 13.8. The van der Waals surface area contributed by atoms with E-state index < -0.39 is 0 Å². The maximum absolute atomic E-state index is 12.3. The highest BCUT2D eigenvalue weighted by Gasteiger charge is 2.24. The van der Waals surface area contributed by atoms with E-state index in [2.05, 4.69) is 17.2 Å². The summed E-state index contributed by atoms with van der Waals surface area (Å²) in [6.07, 6.45) is 4.74. The highest BCUT2D eigenvalue weighted by molar-refractivity contribution is 5.94. The van der Waals surface area contributed by atoms with Crippen LogP contribution >= 0.6 is 0 Å². The zero-order chi connectivity index (χ0) is 13.7. The van der Waals surface area contributed by atoms with E-state index in [1.54, 1.807) is 6.07 Å². The summed E-state index contributed by atoms with van der Waals surface area (Å²) < 4.78 is 0. The van der Waals surface area contributed by atoms with E-state index in [0.29, 0.717) is 11.6 Å². The van der Waals surface area contributed by atoms with E-state index in [1.807, 2.05) is 4.90 Å². The van der Waals surface area contributed by atoms with Crippen molar-refractivity contribution in [1.82, 2.24) is 15.2 Å². The number of rotatable bonds is 4. The molecule has 104 valence electrons. The Morgan fingerprint density at radius 3 is 3.16 bits per heavy atom. The molecule has 2 heterocycles. The van der Waals surface area contributed by atoms with Gasteiger partial charge in [0.15, 0.2) is 0 Å². The van der Waals surface area contributed by atoms with Gasteiger partial charge in [-0.05, 0) is 31.9 Å². The summed E-state index contributed by atoms with van der Waals surface area (Å²) in [6, 6.07) is 3.40. The molecular weight excluding hydrogens is 242 g/mol. The second kappa shape index (κ2) is 6.52. The number of amides is 1. The van der Waals surface area contributed by atoms with E-state index in [-0.39, 0.29) is 11.5 Å². The molecule has 19 heavy (non-hydrogen) atoms. The fourth-order valence-corrected chi connectivity index (χ4v) is 2.44. The third-order valence-corrected chi connectivity index (χ3v) is 3.41. The Morgan fingerprint density at radius 1 is 1.58 bits per heavy atom. The van der Waals surface area contributed by atoms with E-state index in [0.717, 1.165) is 38.9 Å². The predicted octanol–water partition coefficient (Wildman–Crippen LogP) is 0.979. The van der Waals surface area contributed by atoms with E-state index in [9.17, 15) is 9.59 Å². The SMILES string of the molecule is CCCNC1CCCN(C(=O)c2cc[nH]c(=O)c2)C1. The summed E-state index contributed by atoms with van der Waals surface area (Å²) in [6.45, 7) is 4.62. The van der Waals surface area contributed by atoms with Crippen LogP contribution in [-0.2, 0) is 0 Å². The molecule has 0 aliphatic carbocycles. The molecule has 1 aromatic heterocycles. The molecule has 1 unspecified atom stereocenters. The van der Waals surface area contributed by atoms with E-state index in [4.69, 9.17) is 0 Å². The molecule has 1 aromatic rings. The van der Waals surface area contributed by atoms with Crippen LogP contribution in [0, 0.1) is 0 Å². The topological polar surface area (TPSA) is 65.2 Å². The predicted molar refractivity (Wildman–Crippen MR) is 74.3 cm³/mol. The average Bonchev–Trinajstić information content (AvgIpc) is 2.44. The Balaban J connectivity index is 2.00. The first-order valence-electron chi connectivity index (χ1n) is 6.92. The van der Waals surface area contributed by atoms with Crippen molar-refractivity contribution in [3.05, 3.63) is 34.2 Å². The summed E-state index contributed by atoms with van der Waals surface area (Å²) in [7, 11) is 0. The number of pyridine rings is 1. The number of aromatic nitrogens is 1. The van der Waals surface area contributed by atoms with Crippen molar-refractivity contribution < 1.29 is 4.79 Å². The molecule has 1 aliphatic heterocycles. The molecular formula is C14H21N3O2. The molecule has 0 spiro atoms. The molecule has 2 N–H and O–H groups in total. The standard InChI is InChI=1S/C14H21N3O2/c1-2-6-15-12-4-3-8-17(10-12)14(19)11-5-7-16-13(18)9-11/h5,7,9,12,15H,2-4,6,8,10H2,1H3,(H,16,18). The summed E-state index contributed by atoms with van der Waals surface area (Å²) in [4.78, 5) is 27.9. The molecule has 1 amide bonds. The number of hydrogen-bond donors (Lipinski definition) is 2. The highest BCUT2D eigenvalue weighted by atomic mass is 16.2. The molecule has 0 aromatic carbocycles. The Hall–Kier alpha value is -1.62. The Bertz CT molecular complexity index is 484. The quantitative estimate of drug-likeness (QED) is 0.851. The minimum atomic E-state index is -0.233. The van der Waals surface area contributed by atoms with Gasteiger partial charge in [0.2, 0.25) is 5.56 Å². The Labute approximate surface area is 113 Å². The van der Waals surface area contributed by atoms with Gasteiger partial charge in [-0.15, -0.1) is 0 Å². The summed E-state index contributed by atoms with van der Waals surface area (Å²) in [5.41, 5.74) is 0.239. The van der Waals surface area contributed by atoms with Gasteiger partial charge in [-0.2, -0.15) is 0 Å². The van der Waals surface area contributed by atoms with Crippen molar-refractivity contribution in [2.75, 3.05) is 19.6 Å². The van der Waals surface area contributed by atoms with Crippen LogP contribution in [0.25, 0.3) is 0 Å². The minimum Gasteiger partial charge on any atom is -0.337 e. The van der Waals surface area contributed by atoms with Gasteiger partial charge in [-0.3, -0.25) is 9.59 Å². The third-order valence-electron chi connectivity index (χ3n) is 3.41. The van der Waals surface area contributed by atoms with Crippen LogP contribution in [-0.4, -0.2) is 41.5 Å². The Kier molecular flexibility index (Phi) is 4.74. The summed E-state index contributed by atoms with van der Waals surface area (Å²) in [5.74, 6) is -0.0471. The number of piperidine rings is 1. The number of hydrogen-bond acceptors (Lipinski definition) is 3. The van der Waals surface area contributed by atoms with Gasteiger partial charge >= 0.3 is 0 Å². The summed E-state index contributed by atoms with van der Waals surface area (Å²) in [5, 5.41) is 3.46. The van der Waals surface area contributed by atoms with Gasteiger partial charge < -0.3 is 15.2 Å². The molecule has 1 aliphatic rings. The molecule has 0 bridgehead atoms. The van der Waals surface area contributed by atoms with Gasteiger partial charge in [0.1, 0.15) is 0 Å². The largest absolute Gasteiger partial charge is 0.337 e. The fraction of sp³-hybridized carbons (Fsp3) is 0.571. The third kappa shape index (κ3) is 3.67. The van der Waals surface area contributed by atoms with Crippen molar-refractivity contribution in [2.24, 2.45) is 0 Å². The Morgan fingerprint density at radius 2 is 2.42 bits per heavy atom. The molecule has 5 nitrogen and oxygen atoms in total. The highest BCUT2D eigenvalue weighted by Crippen LogP contribution is 2.13. The van der Waals surface area contributed by atoms with Crippen LogP contribution in [0.5, 0.6) is 0 Å². The van der Waals surface area contributed by atoms with Crippen molar-refractivity contribution in [3.8, 4) is 0 Å². The van der Waals surface area contributed by atoms with E-state index in [1.165, 1.54) is 12.3 Å². The first-order valence-corrected chi connectivity index (χ1v) is 6.92. The molecule has 0 radical (unpaired) electrons. The lowest BCUT2D eigenvalue weighted by Gasteiger charge is -2.33. The van der Waals surface area contributed by atoms with Crippen molar-refractivity contribution in [1.29, 1.82) is 0 Å². The van der Waals surface area contributed by atoms with E-state index >= 15 is 0 Å². The molecule has 1 saturated heterocycles. The number of carbonyl (C=O) groups is 1.